The quantitative estimate of drug-likeness (QED) is 0.746. The summed E-state index contributed by atoms with van der Waals surface area (Å²) in [6.07, 6.45) is 8.03. The molecule has 0 N–H and O–H groups in total. The number of hydrogen-bond donors (Lipinski definition) is 0. The molecule has 2 rings (SSSR count). The summed E-state index contributed by atoms with van der Waals surface area (Å²) in [4.78, 5) is 23.2. The second-order valence-corrected chi connectivity index (χ2v) is 6.05. The lowest BCUT2D eigenvalue weighted by Crippen LogP contribution is -2.30. The third-order valence-corrected chi connectivity index (χ3v) is 4.93. The molecule has 4 nitrogen and oxygen atoms in total. The maximum atomic E-state index is 11.7. The minimum Gasteiger partial charge on any atom is -0.469 e. The molecule has 0 aromatic carbocycles. The highest BCUT2D eigenvalue weighted by atomic mass is 16.5. The van der Waals surface area contributed by atoms with Gasteiger partial charge in [0.2, 0.25) is 0 Å². The van der Waals surface area contributed by atoms with Crippen LogP contribution in [0.3, 0.4) is 0 Å². The average molecular weight is 281 g/mol. The highest BCUT2D eigenvalue weighted by molar-refractivity contribution is 5.73. The Kier molecular flexibility index (Phi) is 5.44. The van der Waals surface area contributed by atoms with Crippen molar-refractivity contribution in [2.75, 3.05) is 14.2 Å². The van der Waals surface area contributed by atoms with E-state index in [1.165, 1.54) is 20.1 Å². The first-order valence-corrected chi connectivity index (χ1v) is 7.66. The van der Waals surface area contributed by atoms with Crippen LogP contribution in [0.1, 0.15) is 51.4 Å². The Hall–Kier alpha value is -1.06. The first-order chi connectivity index (χ1) is 9.65. The molecule has 0 amide bonds. The molecule has 4 heteroatoms. The Balaban J connectivity index is 1.84. The van der Waals surface area contributed by atoms with Crippen molar-refractivity contribution in [3.63, 3.8) is 0 Å². The fourth-order valence-corrected chi connectivity index (χ4v) is 3.74. The number of carbonyl (C=O) groups is 2. The van der Waals surface area contributed by atoms with Crippen LogP contribution in [-0.4, -0.2) is 26.2 Å². The van der Waals surface area contributed by atoms with Gasteiger partial charge in [-0.3, -0.25) is 9.59 Å². The van der Waals surface area contributed by atoms with E-state index >= 15 is 0 Å². The van der Waals surface area contributed by atoms with E-state index in [-0.39, 0.29) is 23.8 Å². The molecule has 1 atom stereocenters. The van der Waals surface area contributed by atoms with Gasteiger partial charge in [-0.15, -0.1) is 0 Å². The lowest BCUT2D eigenvalue weighted by atomic mass is 9.68. The van der Waals surface area contributed by atoms with Gasteiger partial charge in [0, 0.05) is 0 Å². The largest absolute Gasteiger partial charge is 0.469 e. The van der Waals surface area contributed by atoms with Crippen LogP contribution in [0, 0.1) is 23.7 Å². The molecule has 2 fully saturated rings. The number of ether oxygens (including phenoxy) is 2. The monoisotopic (exact) mass is 281 g/mol. The van der Waals surface area contributed by atoms with Crippen molar-refractivity contribution in [2.24, 2.45) is 17.8 Å². The predicted octanol–water partition coefficient (Wildman–Crippen LogP) is 2.90. The van der Waals surface area contributed by atoms with E-state index < -0.39 is 0 Å². The second-order valence-electron chi connectivity index (χ2n) is 6.05. The van der Waals surface area contributed by atoms with E-state index in [2.05, 4.69) is 0 Å². The van der Waals surface area contributed by atoms with Crippen molar-refractivity contribution >= 4 is 11.9 Å². The number of carbonyl (C=O) groups excluding carboxylic acids is 2. The third-order valence-electron chi connectivity index (χ3n) is 4.93. The number of rotatable bonds is 3. The Morgan fingerprint density at radius 2 is 1.50 bits per heavy atom. The Morgan fingerprint density at radius 3 is 2.10 bits per heavy atom. The average Bonchev–Trinajstić information content (AvgIpc) is 2.53. The first-order valence-electron chi connectivity index (χ1n) is 7.66. The van der Waals surface area contributed by atoms with Crippen LogP contribution in [-0.2, 0) is 19.1 Å². The zero-order valence-corrected chi connectivity index (χ0v) is 12.5. The van der Waals surface area contributed by atoms with Gasteiger partial charge in [-0.05, 0) is 56.8 Å². The van der Waals surface area contributed by atoms with Crippen molar-refractivity contribution < 1.29 is 19.1 Å². The topological polar surface area (TPSA) is 52.6 Å². The zero-order chi connectivity index (χ0) is 14.5. The second kappa shape index (κ2) is 7.09. The van der Waals surface area contributed by atoms with Crippen LogP contribution in [0.4, 0.5) is 0 Å². The molecule has 2 aliphatic rings. The number of esters is 2. The van der Waals surface area contributed by atoms with Gasteiger partial charge in [0.15, 0.2) is 0 Å². The molecule has 0 bridgehead atoms. The van der Waals surface area contributed by atoms with E-state index in [1.54, 1.807) is 0 Å². The summed E-state index contributed by atoms with van der Waals surface area (Å²) >= 11 is 0. The van der Waals surface area contributed by atoms with Crippen molar-refractivity contribution in [3.8, 4) is 0 Å². The normalized spacial score (nSPS) is 31.6. The summed E-state index contributed by atoms with van der Waals surface area (Å²) in [5.41, 5.74) is 0. The third kappa shape index (κ3) is 3.53. The van der Waals surface area contributed by atoms with Gasteiger partial charge in [-0.25, -0.2) is 0 Å². The lowest BCUT2D eigenvalue weighted by molar-refractivity contribution is -0.146. The van der Waals surface area contributed by atoms with Gasteiger partial charge in [0.25, 0.3) is 0 Å². The van der Waals surface area contributed by atoms with Crippen LogP contribution >= 0.6 is 0 Å². The molecule has 0 saturated heterocycles. The summed E-state index contributed by atoms with van der Waals surface area (Å²) in [6, 6.07) is 0. The van der Waals surface area contributed by atoms with E-state index in [0.717, 1.165) is 51.4 Å². The van der Waals surface area contributed by atoms with E-state index in [9.17, 15) is 9.59 Å². The molecule has 0 aliphatic heterocycles. The summed E-state index contributed by atoms with van der Waals surface area (Å²) < 4.78 is 9.70. The van der Waals surface area contributed by atoms with Crippen LogP contribution in [0.25, 0.3) is 0 Å². The van der Waals surface area contributed by atoms with Crippen molar-refractivity contribution in [1.29, 1.82) is 0 Å². The summed E-state index contributed by atoms with van der Waals surface area (Å²) in [7, 11) is 2.93. The van der Waals surface area contributed by atoms with E-state index in [1.807, 2.05) is 0 Å². The summed E-state index contributed by atoms with van der Waals surface area (Å²) in [6.45, 7) is 0. The Morgan fingerprint density at radius 1 is 0.900 bits per heavy atom. The van der Waals surface area contributed by atoms with Crippen LogP contribution < -0.4 is 0 Å². The highest BCUT2D eigenvalue weighted by Gasteiger charge is 2.36. The summed E-state index contributed by atoms with van der Waals surface area (Å²) in [5.74, 6) is 2.12. The molecule has 20 heavy (non-hydrogen) atoms. The van der Waals surface area contributed by atoms with Crippen LogP contribution in [0.2, 0.25) is 0 Å². The van der Waals surface area contributed by atoms with Gasteiger partial charge in [0.1, 0.15) is 0 Å². The smallest absolute Gasteiger partial charge is 0.308 e. The molecule has 2 aliphatic carbocycles. The van der Waals surface area contributed by atoms with Gasteiger partial charge in [-0.1, -0.05) is 6.42 Å². The van der Waals surface area contributed by atoms with Gasteiger partial charge in [-0.2, -0.15) is 0 Å². The minimum absolute atomic E-state index is 0.0575. The van der Waals surface area contributed by atoms with Gasteiger partial charge in [0.05, 0.1) is 26.1 Å². The van der Waals surface area contributed by atoms with Gasteiger partial charge >= 0.3 is 11.9 Å². The molecule has 0 spiro atoms. The van der Waals surface area contributed by atoms with Crippen LogP contribution in [0.15, 0.2) is 0 Å². The van der Waals surface area contributed by atoms with Crippen molar-refractivity contribution in [2.45, 2.75) is 51.4 Å². The molecule has 0 aromatic heterocycles. The molecule has 1 unspecified atom stereocenters. The maximum Gasteiger partial charge on any atom is 0.308 e. The van der Waals surface area contributed by atoms with Crippen molar-refractivity contribution in [3.05, 3.63) is 5.92 Å². The predicted molar refractivity (Wildman–Crippen MR) is 74.7 cm³/mol. The summed E-state index contributed by atoms with van der Waals surface area (Å²) in [5, 5.41) is 0. The SMILES string of the molecule is COC(=O)C1CCC([C]2CCCC(C(=O)OC)C2)CC1. The standard InChI is InChI=1S/C16H25O4/c1-19-15(17)12-8-6-11(7-9-12)13-4-3-5-14(10-13)16(18)20-2/h11-12,14H,3-10H2,1-2H3. The molecule has 2 saturated carbocycles. The Labute approximate surface area is 121 Å². The van der Waals surface area contributed by atoms with Crippen LogP contribution in [0.5, 0.6) is 0 Å². The lowest BCUT2D eigenvalue weighted by Gasteiger charge is -2.36. The maximum absolute atomic E-state index is 11.7. The fourth-order valence-electron chi connectivity index (χ4n) is 3.74. The molecule has 1 radical (unpaired) electrons. The Bertz CT molecular complexity index is 344. The molecule has 0 aromatic rings. The first kappa shape index (κ1) is 15.3. The number of methoxy groups -OCH3 is 2. The molecule has 0 heterocycles. The molecule has 113 valence electrons. The van der Waals surface area contributed by atoms with E-state index in [4.69, 9.17) is 9.47 Å². The van der Waals surface area contributed by atoms with Gasteiger partial charge < -0.3 is 9.47 Å². The van der Waals surface area contributed by atoms with Crippen molar-refractivity contribution in [1.82, 2.24) is 0 Å². The zero-order valence-electron chi connectivity index (χ0n) is 12.5. The van der Waals surface area contributed by atoms with E-state index in [0.29, 0.717) is 5.92 Å². The minimum atomic E-state index is -0.0652. The fraction of sp³-hybridized carbons (Fsp3) is 0.812. The highest BCUT2D eigenvalue weighted by Crippen LogP contribution is 2.43. The number of hydrogen-bond acceptors (Lipinski definition) is 4. The molecular weight excluding hydrogens is 256 g/mol. The molecular formula is C16H25O4.